The first-order valence-electron chi connectivity index (χ1n) is 4.37. The average molecular weight is 262 g/mol. The second-order valence-electron chi connectivity index (χ2n) is 3.19. The lowest BCUT2D eigenvalue weighted by Gasteiger charge is -2.07. The van der Waals surface area contributed by atoms with Gasteiger partial charge in [0.25, 0.3) is 0 Å². The fourth-order valence-electron chi connectivity index (χ4n) is 1.10. The van der Waals surface area contributed by atoms with Crippen LogP contribution < -0.4 is 11.4 Å². The molecule has 0 aliphatic carbocycles. The van der Waals surface area contributed by atoms with Crippen molar-refractivity contribution < 1.29 is 24.2 Å². The van der Waals surface area contributed by atoms with E-state index in [0.29, 0.717) is 0 Å². The number of carboxylic acid groups (broad SMARTS) is 2. The monoisotopic (exact) mass is 261 g/mol. The van der Waals surface area contributed by atoms with E-state index in [1.54, 1.807) is 0 Å². The first kappa shape index (κ1) is 13.2. The molecular weight excluding hydrogens is 254 g/mol. The lowest BCUT2D eigenvalue weighted by molar-refractivity contribution is -0.138. The van der Waals surface area contributed by atoms with Crippen molar-refractivity contribution >= 4 is 23.5 Å². The van der Waals surface area contributed by atoms with E-state index >= 15 is 0 Å². The standard InChI is InChI=1S/C9H8ClNO6/c10-6-3(1-4(11)7(12)13)2-5(8(14)15)17-9(6)16/h2,4H,1,11H2,(H,12,13)(H,14,15). The van der Waals surface area contributed by atoms with Crippen LogP contribution in [0, 0.1) is 0 Å². The molecule has 7 nitrogen and oxygen atoms in total. The molecule has 1 atom stereocenters. The third kappa shape index (κ3) is 3.05. The molecule has 1 heterocycles. The van der Waals surface area contributed by atoms with Gasteiger partial charge in [-0.3, -0.25) is 4.79 Å². The lowest BCUT2D eigenvalue weighted by Crippen LogP contribution is -2.32. The number of aliphatic carboxylic acids is 1. The van der Waals surface area contributed by atoms with Gasteiger partial charge in [0, 0.05) is 6.42 Å². The average Bonchev–Trinajstić information content (AvgIpc) is 2.23. The van der Waals surface area contributed by atoms with Gasteiger partial charge in [0.15, 0.2) is 0 Å². The molecule has 0 aliphatic rings. The van der Waals surface area contributed by atoms with Crippen molar-refractivity contribution in [2.75, 3.05) is 0 Å². The maximum Gasteiger partial charge on any atom is 0.371 e. The predicted molar refractivity (Wildman–Crippen MR) is 56.3 cm³/mol. The van der Waals surface area contributed by atoms with Crippen LogP contribution in [0.1, 0.15) is 16.1 Å². The minimum atomic E-state index is -1.45. The molecular formula is C9H8ClNO6. The lowest BCUT2D eigenvalue weighted by atomic mass is 10.1. The van der Waals surface area contributed by atoms with Gasteiger partial charge in [0.2, 0.25) is 5.76 Å². The second-order valence-corrected chi connectivity index (χ2v) is 3.57. The van der Waals surface area contributed by atoms with Crippen molar-refractivity contribution in [3.63, 3.8) is 0 Å². The molecule has 8 heteroatoms. The Bertz CT molecular complexity index is 523. The van der Waals surface area contributed by atoms with E-state index in [4.69, 9.17) is 27.5 Å². The molecule has 0 saturated carbocycles. The SMILES string of the molecule is NC(Cc1cc(C(=O)O)oc(=O)c1Cl)C(=O)O. The van der Waals surface area contributed by atoms with Crippen molar-refractivity contribution in [2.45, 2.75) is 12.5 Å². The molecule has 1 aromatic heterocycles. The second kappa shape index (κ2) is 4.98. The molecule has 4 N–H and O–H groups in total. The van der Waals surface area contributed by atoms with E-state index in [-0.39, 0.29) is 17.0 Å². The maximum atomic E-state index is 11.2. The highest BCUT2D eigenvalue weighted by molar-refractivity contribution is 6.31. The highest BCUT2D eigenvalue weighted by Gasteiger charge is 2.19. The Hall–Kier alpha value is -1.86. The van der Waals surface area contributed by atoms with Crippen LogP contribution in [-0.4, -0.2) is 28.2 Å². The number of rotatable bonds is 4. The number of halogens is 1. The molecule has 0 spiro atoms. The minimum absolute atomic E-state index is 0.0233. The van der Waals surface area contributed by atoms with E-state index in [9.17, 15) is 14.4 Å². The molecule has 0 amide bonds. The van der Waals surface area contributed by atoms with Gasteiger partial charge in [-0.2, -0.15) is 0 Å². The van der Waals surface area contributed by atoms with E-state index < -0.39 is 29.4 Å². The first-order chi connectivity index (χ1) is 7.82. The summed E-state index contributed by atoms with van der Waals surface area (Å²) < 4.78 is 4.38. The number of aromatic carboxylic acids is 1. The Morgan fingerprint density at radius 2 is 2.06 bits per heavy atom. The third-order valence-corrected chi connectivity index (χ3v) is 2.33. The van der Waals surface area contributed by atoms with E-state index in [2.05, 4.69) is 4.42 Å². The van der Waals surface area contributed by atoms with Gasteiger partial charge in [-0.15, -0.1) is 0 Å². The molecule has 0 aromatic carbocycles. The largest absolute Gasteiger partial charge is 0.480 e. The van der Waals surface area contributed by atoms with Crippen LogP contribution in [0.25, 0.3) is 0 Å². The van der Waals surface area contributed by atoms with Crippen LogP contribution in [0.3, 0.4) is 0 Å². The summed E-state index contributed by atoms with van der Waals surface area (Å²) in [5.41, 5.74) is 4.24. The highest BCUT2D eigenvalue weighted by Crippen LogP contribution is 2.15. The number of carboxylic acids is 2. The Labute approximate surface area is 99.4 Å². The van der Waals surface area contributed by atoms with Crippen molar-refractivity contribution in [1.82, 2.24) is 0 Å². The van der Waals surface area contributed by atoms with Gasteiger partial charge in [-0.1, -0.05) is 11.6 Å². The number of carbonyl (C=O) groups is 2. The number of hydrogen-bond donors (Lipinski definition) is 3. The summed E-state index contributed by atoms with van der Waals surface area (Å²) in [6, 6.07) is -0.301. The predicted octanol–water partition coefficient (Wildman–Crippen LogP) is -0.0542. The van der Waals surface area contributed by atoms with Crippen LogP contribution in [-0.2, 0) is 11.2 Å². The topological polar surface area (TPSA) is 131 Å². The molecule has 0 aliphatic heterocycles. The van der Waals surface area contributed by atoms with Crippen molar-refractivity contribution in [3.05, 3.63) is 32.8 Å². The number of hydrogen-bond acceptors (Lipinski definition) is 5. The Morgan fingerprint density at radius 3 is 2.53 bits per heavy atom. The van der Waals surface area contributed by atoms with Crippen LogP contribution in [0.15, 0.2) is 15.3 Å². The maximum absolute atomic E-state index is 11.2. The molecule has 1 aromatic rings. The quantitative estimate of drug-likeness (QED) is 0.692. The van der Waals surface area contributed by atoms with E-state index in [0.717, 1.165) is 6.07 Å². The fraction of sp³-hybridized carbons (Fsp3) is 0.222. The summed E-state index contributed by atoms with van der Waals surface area (Å²) in [5.74, 6) is -3.36. The van der Waals surface area contributed by atoms with E-state index in [1.807, 2.05) is 0 Å². The zero-order valence-corrected chi connectivity index (χ0v) is 9.10. The van der Waals surface area contributed by atoms with Gasteiger partial charge in [0.1, 0.15) is 11.1 Å². The van der Waals surface area contributed by atoms with Crippen LogP contribution in [0.4, 0.5) is 0 Å². The van der Waals surface area contributed by atoms with Crippen molar-refractivity contribution in [1.29, 1.82) is 0 Å². The summed E-state index contributed by atoms with van der Waals surface area (Å²) in [6.45, 7) is 0. The van der Waals surface area contributed by atoms with Crippen molar-refractivity contribution in [2.24, 2.45) is 5.73 Å². The zero-order chi connectivity index (χ0) is 13.2. The van der Waals surface area contributed by atoms with Gasteiger partial charge in [-0.25, -0.2) is 9.59 Å². The molecule has 0 fully saturated rings. The summed E-state index contributed by atoms with van der Waals surface area (Å²) in [6.07, 6.45) is -0.264. The van der Waals surface area contributed by atoms with E-state index in [1.165, 1.54) is 0 Å². The fourth-order valence-corrected chi connectivity index (χ4v) is 1.28. The molecule has 1 unspecified atom stereocenters. The first-order valence-corrected chi connectivity index (χ1v) is 4.75. The molecule has 0 radical (unpaired) electrons. The summed E-state index contributed by atoms with van der Waals surface area (Å²) in [4.78, 5) is 32.3. The van der Waals surface area contributed by atoms with Gasteiger partial charge in [0.05, 0.1) is 0 Å². The normalized spacial score (nSPS) is 12.1. The summed E-state index contributed by atoms with van der Waals surface area (Å²) in [5, 5.41) is 16.9. The minimum Gasteiger partial charge on any atom is -0.480 e. The smallest absolute Gasteiger partial charge is 0.371 e. The van der Waals surface area contributed by atoms with Crippen LogP contribution in [0.5, 0.6) is 0 Å². The van der Waals surface area contributed by atoms with Crippen molar-refractivity contribution in [3.8, 4) is 0 Å². The molecule has 17 heavy (non-hydrogen) atoms. The van der Waals surface area contributed by atoms with Gasteiger partial charge < -0.3 is 20.4 Å². The summed E-state index contributed by atoms with van der Waals surface area (Å²) >= 11 is 5.57. The Balaban J connectivity index is 3.19. The van der Waals surface area contributed by atoms with Gasteiger partial charge >= 0.3 is 17.6 Å². The Kier molecular flexibility index (Phi) is 3.87. The van der Waals surface area contributed by atoms with Gasteiger partial charge in [-0.05, 0) is 11.6 Å². The molecule has 92 valence electrons. The molecule has 1 rings (SSSR count). The molecule has 0 bridgehead atoms. The third-order valence-electron chi connectivity index (χ3n) is 1.94. The Morgan fingerprint density at radius 1 is 1.47 bits per heavy atom. The van der Waals surface area contributed by atoms with Crippen LogP contribution >= 0.6 is 11.6 Å². The highest BCUT2D eigenvalue weighted by atomic mass is 35.5. The number of nitrogens with two attached hydrogens (primary N) is 1. The molecule has 0 saturated heterocycles. The van der Waals surface area contributed by atoms with Crippen LogP contribution in [0.2, 0.25) is 5.02 Å². The summed E-state index contributed by atoms with van der Waals surface area (Å²) in [7, 11) is 0. The zero-order valence-electron chi connectivity index (χ0n) is 8.34.